The zero-order chi connectivity index (χ0) is 20.9. The van der Waals surface area contributed by atoms with Crippen molar-refractivity contribution in [1.29, 1.82) is 0 Å². The minimum atomic E-state index is 0.0841. The van der Waals surface area contributed by atoms with Crippen molar-refractivity contribution in [1.82, 2.24) is 9.88 Å². The van der Waals surface area contributed by atoms with Crippen LogP contribution in [0.2, 0.25) is 0 Å². The molecular weight excluding hydrogens is 386 g/mol. The van der Waals surface area contributed by atoms with E-state index in [1.54, 1.807) is 0 Å². The van der Waals surface area contributed by atoms with Crippen LogP contribution in [0.25, 0.3) is 0 Å². The first kappa shape index (κ1) is 20.8. The lowest BCUT2D eigenvalue weighted by Crippen LogP contribution is -2.46. The summed E-state index contributed by atoms with van der Waals surface area (Å²) in [6, 6.07) is 13.8. The van der Waals surface area contributed by atoms with Crippen molar-refractivity contribution in [3.05, 3.63) is 54.4 Å². The Bertz CT molecular complexity index is 808. The van der Waals surface area contributed by atoms with Gasteiger partial charge in [0.25, 0.3) is 0 Å². The molecule has 0 atom stereocenters. The third-order valence-electron chi connectivity index (χ3n) is 7.58. The number of hydrogen-bond acceptors (Lipinski definition) is 5. The zero-order valence-corrected chi connectivity index (χ0v) is 18.5. The van der Waals surface area contributed by atoms with E-state index in [2.05, 4.69) is 45.5 Å². The number of aromatic nitrogens is 1. The van der Waals surface area contributed by atoms with Crippen molar-refractivity contribution in [3.8, 4) is 5.75 Å². The van der Waals surface area contributed by atoms with Gasteiger partial charge in [0.15, 0.2) is 0 Å². The van der Waals surface area contributed by atoms with E-state index in [1.165, 1.54) is 37.9 Å². The molecular formula is C26H35N3O2. The van der Waals surface area contributed by atoms with E-state index in [4.69, 9.17) is 9.47 Å². The SMILES string of the molecule is c1cncc(NCC2(c3ccc(OC4CCN(C5CCC5)CC4)cc3)CCOCC2)c1. The molecule has 1 N–H and O–H groups in total. The lowest BCUT2D eigenvalue weighted by atomic mass is 9.74. The summed E-state index contributed by atoms with van der Waals surface area (Å²) in [7, 11) is 0. The molecule has 0 bridgehead atoms. The number of piperidine rings is 1. The number of anilines is 1. The number of hydrogen-bond donors (Lipinski definition) is 1. The molecule has 0 radical (unpaired) electrons. The molecule has 3 fully saturated rings. The predicted molar refractivity (Wildman–Crippen MR) is 124 cm³/mol. The molecule has 2 aromatic rings. The minimum Gasteiger partial charge on any atom is -0.490 e. The summed E-state index contributed by atoms with van der Waals surface area (Å²) >= 11 is 0. The summed E-state index contributed by atoms with van der Waals surface area (Å²) in [6.07, 6.45) is 12.6. The molecule has 31 heavy (non-hydrogen) atoms. The van der Waals surface area contributed by atoms with Crippen LogP contribution in [0.4, 0.5) is 5.69 Å². The van der Waals surface area contributed by atoms with Gasteiger partial charge in [-0.15, -0.1) is 0 Å². The van der Waals surface area contributed by atoms with Crippen LogP contribution in [0.15, 0.2) is 48.8 Å². The molecule has 5 nitrogen and oxygen atoms in total. The van der Waals surface area contributed by atoms with Crippen LogP contribution in [-0.4, -0.2) is 54.9 Å². The maximum atomic E-state index is 6.36. The molecule has 1 aromatic heterocycles. The molecule has 0 amide bonds. The van der Waals surface area contributed by atoms with Gasteiger partial charge in [-0.1, -0.05) is 18.6 Å². The average Bonchev–Trinajstić information content (AvgIpc) is 2.80. The molecule has 1 aromatic carbocycles. The predicted octanol–water partition coefficient (Wildman–Crippen LogP) is 4.64. The largest absolute Gasteiger partial charge is 0.490 e. The zero-order valence-electron chi connectivity index (χ0n) is 18.5. The Labute approximate surface area is 186 Å². The highest BCUT2D eigenvalue weighted by atomic mass is 16.5. The Morgan fingerprint density at radius 3 is 2.45 bits per heavy atom. The van der Waals surface area contributed by atoms with Gasteiger partial charge in [0, 0.05) is 56.7 Å². The number of ether oxygens (including phenoxy) is 2. The summed E-state index contributed by atoms with van der Waals surface area (Å²) in [4.78, 5) is 6.90. The second-order valence-corrected chi connectivity index (χ2v) is 9.45. The molecule has 1 aliphatic carbocycles. The highest BCUT2D eigenvalue weighted by Crippen LogP contribution is 2.36. The van der Waals surface area contributed by atoms with E-state index in [1.807, 2.05) is 18.5 Å². The standard InChI is InChI=1S/C26H35N3O2/c1-4-23(5-1)29-15-10-25(11-16-29)31-24-8-6-21(7-9-24)26(12-17-30-18-13-26)20-28-22-3-2-14-27-19-22/h2-3,6-9,14,19,23,25,28H,1,4-5,10-13,15-18,20H2. The average molecular weight is 422 g/mol. The quantitative estimate of drug-likeness (QED) is 0.706. The molecule has 0 unspecified atom stereocenters. The van der Waals surface area contributed by atoms with E-state index in [0.717, 1.165) is 62.9 Å². The first-order valence-corrected chi connectivity index (χ1v) is 12.0. The van der Waals surface area contributed by atoms with Crippen LogP contribution in [-0.2, 0) is 10.2 Å². The number of benzene rings is 1. The Kier molecular flexibility index (Phi) is 6.42. The van der Waals surface area contributed by atoms with Gasteiger partial charge in [-0.2, -0.15) is 0 Å². The fraction of sp³-hybridized carbons (Fsp3) is 0.577. The number of nitrogens with zero attached hydrogens (tertiary/aromatic N) is 2. The molecule has 0 spiro atoms. The Hall–Kier alpha value is -2.11. The van der Waals surface area contributed by atoms with Crippen molar-refractivity contribution in [3.63, 3.8) is 0 Å². The van der Waals surface area contributed by atoms with E-state index >= 15 is 0 Å². The molecule has 5 rings (SSSR count). The van der Waals surface area contributed by atoms with E-state index in [-0.39, 0.29) is 5.41 Å². The van der Waals surface area contributed by atoms with Crippen LogP contribution >= 0.6 is 0 Å². The van der Waals surface area contributed by atoms with Crippen LogP contribution < -0.4 is 10.1 Å². The summed E-state index contributed by atoms with van der Waals surface area (Å²) in [5.41, 5.74) is 2.53. The maximum absolute atomic E-state index is 6.36. The maximum Gasteiger partial charge on any atom is 0.119 e. The van der Waals surface area contributed by atoms with Crippen molar-refractivity contribution in [2.24, 2.45) is 0 Å². The molecule has 3 aliphatic rings. The first-order valence-electron chi connectivity index (χ1n) is 12.0. The second-order valence-electron chi connectivity index (χ2n) is 9.45. The van der Waals surface area contributed by atoms with E-state index in [9.17, 15) is 0 Å². The van der Waals surface area contributed by atoms with Gasteiger partial charge in [-0.25, -0.2) is 0 Å². The third-order valence-corrected chi connectivity index (χ3v) is 7.58. The van der Waals surface area contributed by atoms with Gasteiger partial charge in [0.2, 0.25) is 0 Å². The molecule has 166 valence electrons. The highest BCUT2D eigenvalue weighted by Gasteiger charge is 2.34. The molecule has 2 saturated heterocycles. The van der Waals surface area contributed by atoms with Crippen LogP contribution in [0.3, 0.4) is 0 Å². The molecule has 3 heterocycles. The molecule has 1 saturated carbocycles. The highest BCUT2D eigenvalue weighted by molar-refractivity contribution is 5.42. The number of likely N-dealkylation sites (tertiary alicyclic amines) is 1. The smallest absolute Gasteiger partial charge is 0.119 e. The number of nitrogens with one attached hydrogen (secondary N) is 1. The van der Waals surface area contributed by atoms with Crippen LogP contribution in [0, 0.1) is 0 Å². The minimum absolute atomic E-state index is 0.0841. The number of rotatable bonds is 7. The van der Waals surface area contributed by atoms with Gasteiger partial charge >= 0.3 is 0 Å². The van der Waals surface area contributed by atoms with Crippen LogP contribution in [0.1, 0.15) is 50.5 Å². The molecule has 2 aliphatic heterocycles. The molecule has 5 heteroatoms. The van der Waals surface area contributed by atoms with Gasteiger partial charge in [-0.3, -0.25) is 4.98 Å². The third kappa shape index (κ3) is 4.88. The monoisotopic (exact) mass is 421 g/mol. The summed E-state index contributed by atoms with van der Waals surface area (Å²) in [6.45, 7) is 4.90. The normalized spacial score (nSPS) is 22.6. The lowest BCUT2D eigenvalue weighted by Gasteiger charge is -2.41. The Morgan fingerprint density at radius 1 is 1.03 bits per heavy atom. The number of pyridine rings is 1. The summed E-state index contributed by atoms with van der Waals surface area (Å²) in [5, 5.41) is 3.60. The Balaban J connectivity index is 1.20. The fourth-order valence-electron chi connectivity index (χ4n) is 5.26. The lowest BCUT2D eigenvalue weighted by molar-refractivity contribution is 0.0491. The van der Waals surface area contributed by atoms with Crippen molar-refractivity contribution in [2.45, 2.75) is 62.5 Å². The van der Waals surface area contributed by atoms with E-state index in [0.29, 0.717) is 6.10 Å². The fourth-order valence-corrected chi connectivity index (χ4v) is 5.26. The van der Waals surface area contributed by atoms with Crippen molar-refractivity contribution >= 4 is 5.69 Å². The second kappa shape index (κ2) is 9.58. The van der Waals surface area contributed by atoms with E-state index < -0.39 is 0 Å². The van der Waals surface area contributed by atoms with Crippen LogP contribution in [0.5, 0.6) is 5.75 Å². The Morgan fingerprint density at radius 2 is 1.81 bits per heavy atom. The van der Waals surface area contributed by atoms with Gasteiger partial charge in [0.1, 0.15) is 11.9 Å². The first-order chi connectivity index (χ1) is 15.3. The van der Waals surface area contributed by atoms with Crippen molar-refractivity contribution in [2.75, 3.05) is 38.2 Å². The topological polar surface area (TPSA) is 46.6 Å². The van der Waals surface area contributed by atoms with Crippen molar-refractivity contribution < 1.29 is 9.47 Å². The summed E-state index contributed by atoms with van der Waals surface area (Å²) in [5.74, 6) is 1.01. The van der Waals surface area contributed by atoms with Gasteiger partial charge in [0.05, 0.1) is 5.69 Å². The van der Waals surface area contributed by atoms with Gasteiger partial charge < -0.3 is 19.7 Å². The summed E-state index contributed by atoms with van der Waals surface area (Å²) < 4.78 is 12.1. The van der Waals surface area contributed by atoms with Gasteiger partial charge in [-0.05, 0) is 68.4 Å².